The predicted molar refractivity (Wildman–Crippen MR) is 104 cm³/mol. The molecular formula is C21H12ClFO2Se. The Balaban J connectivity index is 1.96. The quantitative estimate of drug-likeness (QED) is 0.462. The summed E-state index contributed by atoms with van der Waals surface area (Å²) >= 11 is 5.72. The molecule has 0 amide bonds. The maximum atomic E-state index is 13.2. The van der Waals surface area contributed by atoms with E-state index in [4.69, 9.17) is 16.0 Å². The number of rotatable bonds is 3. The third kappa shape index (κ3) is 3.32. The summed E-state index contributed by atoms with van der Waals surface area (Å²) in [5.74, 6) is 0.250. The molecule has 0 radical (unpaired) electrons. The Morgan fingerprint density at radius 3 is 2.38 bits per heavy atom. The standard InChI is InChI=1S/C21H12ClFO2Se/c22-14-6-11-18-17(12-14)19(24)21(26-16-9-7-15(23)8-10-16)20(25-18)13-4-2-1-3-5-13/h1-12H. The van der Waals surface area contributed by atoms with E-state index in [1.54, 1.807) is 30.3 Å². The molecule has 4 rings (SSSR count). The van der Waals surface area contributed by atoms with E-state index in [2.05, 4.69) is 0 Å². The summed E-state index contributed by atoms with van der Waals surface area (Å²) in [4.78, 5) is 13.2. The molecular weight excluding hydrogens is 418 g/mol. The molecule has 4 aromatic rings. The monoisotopic (exact) mass is 430 g/mol. The van der Waals surface area contributed by atoms with Gasteiger partial charge in [-0.05, 0) is 0 Å². The van der Waals surface area contributed by atoms with Crippen molar-refractivity contribution in [1.29, 1.82) is 0 Å². The summed E-state index contributed by atoms with van der Waals surface area (Å²) < 4.78 is 20.8. The summed E-state index contributed by atoms with van der Waals surface area (Å²) in [6, 6.07) is 20.8. The molecule has 2 nitrogen and oxygen atoms in total. The second-order valence-corrected chi connectivity index (χ2v) is 8.36. The molecule has 1 aromatic heterocycles. The zero-order valence-corrected chi connectivity index (χ0v) is 15.9. The first-order valence-electron chi connectivity index (χ1n) is 7.87. The van der Waals surface area contributed by atoms with Gasteiger partial charge in [0, 0.05) is 0 Å². The normalized spacial score (nSPS) is 11.0. The van der Waals surface area contributed by atoms with Crippen LogP contribution in [0.2, 0.25) is 5.02 Å². The molecule has 26 heavy (non-hydrogen) atoms. The molecule has 0 aliphatic carbocycles. The number of benzene rings is 3. The predicted octanol–water partition coefficient (Wildman–Crippen LogP) is 3.91. The SMILES string of the molecule is O=c1c([Se]c2ccc(F)cc2)c(-c2ccccc2)oc2ccc(Cl)cc12. The Hall–Kier alpha value is -2.39. The summed E-state index contributed by atoms with van der Waals surface area (Å²) in [5.41, 5.74) is 1.23. The Morgan fingerprint density at radius 1 is 0.923 bits per heavy atom. The zero-order chi connectivity index (χ0) is 18.1. The van der Waals surface area contributed by atoms with Crippen molar-refractivity contribution in [2.24, 2.45) is 0 Å². The summed E-state index contributed by atoms with van der Waals surface area (Å²) in [6.45, 7) is 0. The van der Waals surface area contributed by atoms with Crippen molar-refractivity contribution >= 4 is 46.5 Å². The molecule has 0 aliphatic heterocycles. The Morgan fingerprint density at radius 2 is 1.65 bits per heavy atom. The fourth-order valence-corrected chi connectivity index (χ4v) is 4.84. The van der Waals surface area contributed by atoms with E-state index in [9.17, 15) is 9.18 Å². The molecule has 0 saturated heterocycles. The Bertz CT molecular complexity index is 1140. The van der Waals surface area contributed by atoms with Crippen molar-refractivity contribution < 1.29 is 8.81 Å². The molecule has 0 atom stereocenters. The van der Waals surface area contributed by atoms with Gasteiger partial charge in [0.15, 0.2) is 0 Å². The van der Waals surface area contributed by atoms with Crippen molar-refractivity contribution in [2.45, 2.75) is 0 Å². The van der Waals surface area contributed by atoms with Gasteiger partial charge in [0.1, 0.15) is 0 Å². The van der Waals surface area contributed by atoms with Crippen LogP contribution in [0, 0.1) is 5.82 Å². The van der Waals surface area contributed by atoms with E-state index >= 15 is 0 Å². The van der Waals surface area contributed by atoms with Crippen LogP contribution in [-0.2, 0) is 0 Å². The molecule has 128 valence electrons. The molecule has 0 saturated carbocycles. The van der Waals surface area contributed by atoms with Crippen LogP contribution in [0.15, 0.2) is 82.0 Å². The minimum absolute atomic E-state index is 0.100. The minimum atomic E-state index is -0.337. The van der Waals surface area contributed by atoms with Gasteiger partial charge < -0.3 is 0 Å². The third-order valence-electron chi connectivity index (χ3n) is 3.88. The maximum absolute atomic E-state index is 13.2. The fraction of sp³-hybridized carbons (Fsp3) is 0. The third-order valence-corrected chi connectivity index (χ3v) is 6.39. The van der Waals surface area contributed by atoms with E-state index in [1.807, 2.05) is 30.3 Å². The first-order chi connectivity index (χ1) is 12.6. The van der Waals surface area contributed by atoms with Crippen LogP contribution in [0.3, 0.4) is 0 Å². The van der Waals surface area contributed by atoms with E-state index in [0.29, 0.717) is 26.2 Å². The number of fused-ring (bicyclic) bond motifs is 1. The van der Waals surface area contributed by atoms with E-state index < -0.39 is 0 Å². The van der Waals surface area contributed by atoms with Crippen LogP contribution >= 0.6 is 11.6 Å². The van der Waals surface area contributed by atoms with Crippen LogP contribution < -0.4 is 14.4 Å². The zero-order valence-electron chi connectivity index (χ0n) is 13.4. The number of halogens is 2. The van der Waals surface area contributed by atoms with Gasteiger partial charge in [-0.15, -0.1) is 0 Å². The molecule has 5 heteroatoms. The van der Waals surface area contributed by atoms with Gasteiger partial charge in [-0.25, -0.2) is 0 Å². The molecule has 0 unspecified atom stereocenters. The first-order valence-corrected chi connectivity index (χ1v) is 9.96. The molecule has 0 N–H and O–H groups in total. The Labute approximate surface area is 160 Å². The van der Waals surface area contributed by atoms with E-state index in [-0.39, 0.29) is 26.2 Å². The fourth-order valence-electron chi connectivity index (χ4n) is 2.64. The molecule has 0 bridgehead atoms. The van der Waals surface area contributed by atoms with Crippen LogP contribution in [0.25, 0.3) is 22.3 Å². The second-order valence-electron chi connectivity index (χ2n) is 5.65. The average Bonchev–Trinajstić information content (AvgIpc) is 2.66. The van der Waals surface area contributed by atoms with Gasteiger partial charge in [0.05, 0.1) is 0 Å². The second kappa shape index (κ2) is 7.08. The van der Waals surface area contributed by atoms with Crippen molar-refractivity contribution in [3.63, 3.8) is 0 Å². The van der Waals surface area contributed by atoms with Crippen molar-refractivity contribution in [1.82, 2.24) is 0 Å². The van der Waals surface area contributed by atoms with Crippen LogP contribution in [0.1, 0.15) is 0 Å². The topological polar surface area (TPSA) is 30.2 Å². The summed E-state index contributed by atoms with van der Waals surface area (Å²) in [7, 11) is 0. The van der Waals surface area contributed by atoms with Gasteiger partial charge >= 0.3 is 160 Å². The van der Waals surface area contributed by atoms with Gasteiger partial charge in [0.2, 0.25) is 0 Å². The van der Waals surface area contributed by atoms with Gasteiger partial charge in [-0.2, -0.15) is 0 Å². The first kappa shape index (κ1) is 17.0. The number of hydrogen-bond donors (Lipinski definition) is 0. The van der Waals surface area contributed by atoms with Gasteiger partial charge in [0.25, 0.3) is 0 Å². The van der Waals surface area contributed by atoms with Gasteiger partial charge in [-0.3, -0.25) is 0 Å². The van der Waals surface area contributed by atoms with Crippen molar-refractivity contribution in [3.05, 3.63) is 93.9 Å². The molecule has 0 aliphatic rings. The molecule has 0 spiro atoms. The van der Waals surface area contributed by atoms with Crippen LogP contribution in [0.5, 0.6) is 0 Å². The van der Waals surface area contributed by atoms with Gasteiger partial charge in [-0.1, -0.05) is 0 Å². The van der Waals surface area contributed by atoms with Crippen LogP contribution in [-0.4, -0.2) is 15.0 Å². The van der Waals surface area contributed by atoms with E-state index in [1.165, 1.54) is 12.1 Å². The summed E-state index contributed by atoms with van der Waals surface area (Å²) in [5, 5.41) is 0.939. The summed E-state index contributed by atoms with van der Waals surface area (Å²) in [6.07, 6.45) is 0. The molecule has 3 aromatic carbocycles. The van der Waals surface area contributed by atoms with Crippen molar-refractivity contribution in [3.8, 4) is 11.3 Å². The van der Waals surface area contributed by atoms with E-state index in [0.717, 1.165) is 10.0 Å². The van der Waals surface area contributed by atoms with Crippen LogP contribution in [0.4, 0.5) is 4.39 Å². The molecule has 0 fully saturated rings. The van der Waals surface area contributed by atoms with Crippen molar-refractivity contribution in [2.75, 3.05) is 0 Å². The molecule has 1 heterocycles. The Kier molecular flexibility index (Phi) is 4.64. The number of hydrogen-bond acceptors (Lipinski definition) is 2. The average molecular weight is 430 g/mol.